The first-order valence-corrected chi connectivity index (χ1v) is 11.9. The first-order valence-electron chi connectivity index (χ1n) is 11.9. The predicted octanol–water partition coefficient (Wildman–Crippen LogP) is 5.30. The maximum atomic E-state index is 13.2. The standard InChI is InChI=1S/C14H23FN2O.C13H20O2/c1-4-5-12(11(2)15)10-14(18)16-13-6-8-17(3)9-7-13;1-5-12-6-7-13(11(3)10(12)2)15-9-8-14-4/h4-5,13H,6-10H2,1-3H3,(H,16,18);6-7H,5,8-9H2,1-4H3/b5-4-,12-11-;. The molecule has 6 heteroatoms. The third kappa shape index (κ3) is 10.5. The lowest BCUT2D eigenvalue weighted by Crippen LogP contribution is -2.43. The van der Waals surface area contributed by atoms with Crippen LogP contribution in [0, 0.1) is 13.8 Å². The summed E-state index contributed by atoms with van der Waals surface area (Å²) in [5.41, 5.74) is 4.44. The number of hydrogen-bond acceptors (Lipinski definition) is 4. The van der Waals surface area contributed by atoms with E-state index in [1.54, 1.807) is 19.3 Å². The van der Waals surface area contributed by atoms with E-state index in [1.807, 2.05) is 6.92 Å². The molecule has 0 bridgehead atoms. The van der Waals surface area contributed by atoms with Crippen LogP contribution in [0.25, 0.3) is 0 Å². The Bertz CT molecular complexity index is 793. The molecule has 0 aliphatic carbocycles. The molecule has 0 radical (unpaired) electrons. The SMILES string of the molecule is C/C=C\C(CC(=O)NC1CCN(C)CC1)=C(/C)F.CCc1ccc(OCCOC)c(C)c1C. The van der Waals surface area contributed by atoms with Crippen molar-refractivity contribution >= 4 is 5.91 Å². The van der Waals surface area contributed by atoms with Crippen molar-refractivity contribution in [1.29, 1.82) is 0 Å². The first-order chi connectivity index (χ1) is 15.7. The Morgan fingerprint density at radius 1 is 1.21 bits per heavy atom. The van der Waals surface area contributed by atoms with Crippen molar-refractivity contribution in [3.05, 3.63) is 52.4 Å². The molecule has 0 spiro atoms. The van der Waals surface area contributed by atoms with Gasteiger partial charge < -0.3 is 19.7 Å². The number of aryl methyl sites for hydroxylation is 1. The number of rotatable bonds is 9. The van der Waals surface area contributed by atoms with E-state index in [4.69, 9.17) is 9.47 Å². The molecule has 0 atom stereocenters. The van der Waals surface area contributed by atoms with Crippen LogP contribution in [0.3, 0.4) is 0 Å². The number of carbonyl (C=O) groups excluding carboxylic acids is 1. The number of piperidine rings is 1. The highest BCUT2D eigenvalue weighted by Gasteiger charge is 2.18. The molecule has 33 heavy (non-hydrogen) atoms. The van der Waals surface area contributed by atoms with Crippen LogP contribution in [0.4, 0.5) is 4.39 Å². The van der Waals surface area contributed by atoms with E-state index in [0.717, 1.165) is 38.1 Å². The lowest BCUT2D eigenvalue weighted by molar-refractivity contribution is -0.121. The quantitative estimate of drug-likeness (QED) is 0.400. The van der Waals surface area contributed by atoms with Gasteiger partial charge in [-0.2, -0.15) is 0 Å². The number of carbonyl (C=O) groups is 1. The molecule has 0 aromatic heterocycles. The fourth-order valence-electron chi connectivity index (χ4n) is 3.73. The molecule has 1 saturated heterocycles. The third-order valence-electron chi connectivity index (χ3n) is 6.02. The van der Waals surface area contributed by atoms with E-state index >= 15 is 0 Å². The Morgan fingerprint density at radius 2 is 1.88 bits per heavy atom. The summed E-state index contributed by atoms with van der Waals surface area (Å²) in [6.45, 7) is 12.9. The van der Waals surface area contributed by atoms with Crippen LogP contribution in [-0.2, 0) is 16.0 Å². The lowest BCUT2D eigenvalue weighted by Gasteiger charge is -2.29. The average Bonchev–Trinajstić information content (AvgIpc) is 2.78. The van der Waals surface area contributed by atoms with E-state index in [0.29, 0.717) is 18.8 Å². The zero-order valence-electron chi connectivity index (χ0n) is 21.6. The molecular weight excluding hydrogens is 419 g/mol. The second-order valence-electron chi connectivity index (χ2n) is 8.55. The highest BCUT2D eigenvalue weighted by atomic mass is 19.1. The molecule has 1 amide bonds. The number of ether oxygens (including phenoxy) is 2. The molecule has 5 nitrogen and oxygen atoms in total. The van der Waals surface area contributed by atoms with Crippen LogP contribution in [0.15, 0.2) is 35.7 Å². The van der Waals surface area contributed by atoms with Gasteiger partial charge in [-0.3, -0.25) is 4.79 Å². The van der Waals surface area contributed by atoms with Crippen molar-refractivity contribution in [2.75, 3.05) is 40.5 Å². The van der Waals surface area contributed by atoms with E-state index < -0.39 is 0 Å². The molecule has 1 heterocycles. The van der Waals surface area contributed by atoms with Crippen LogP contribution in [0.1, 0.15) is 56.7 Å². The summed E-state index contributed by atoms with van der Waals surface area (Å²) in [6, 6.07) is 4.43. The monoisotopic (exact) mass is 462 g/mol. The number of allylic oxidation sites excluding steroid dienone is 3. The largest absolute Gasteiger partial charge is 0.491 e. The minimum atomic E-state index is -0.286. The van der Waals surface area contributed by atoms with Gasteiger partial charge in [0, 0.05) is 13.2 Å². The maximum Gasteiger partial charge on any atom is 0.224 e. The van der Waals surface area contributed by atoms with Gasteiger partial charge in [0.25, 0.3) is 0 Å². The van der Waals surface area contributed by atoms with Crippen LogP contribution in [-0.4, -0.2) is 57.3 Å². The summed E-state index contributed by atoms with van der Waals surface area (Å²) in [6.07, 6.45) is 6.55. The molecule has 0 unspecified atom stereocenters. The average molecular weight is 463 g/mol. The van der Waals surface area contributed by atoms with Crippen molar-refractivity contribution in [3.63, 3.8) is 0 Å². The molecule has 1 aromatic carbocycles. The number of hydrogen-bond donors (Lipinski definition) is 1. The van der Waals surface area contributed by atoms with Crippen molar-refractivity contribution in [3.8, 4) is 5.75 Å². The van der Waals surface area contributed by atoms with Crippen LogP contribution in [0.2, 0.25) is 0 Å². The maximum absolute atomic E-state index is 13.2. The van der Waals surface area contributed by atoms with Gasteiger partial charge in [-0.1, -0.05) is 25.1 Å². The Hall–Kier alpha value is -2.18. The molecule has 1 aromatic rings. The minimum absolute atomic E-state index is 0.0883. The second-order valence-corrected chi connectivity index (χ2v) is 8.55. The summed E-state index contributed by atoms with van der Waals surface area (Å²) >= 11 is 0. The lowest BCUT2D eigenvalue weighted by atomic mass is 10.0. The molecular formula is C27H43FN2O3. The van der Waals surface area contributed by atoms with Gasteiger partial charge in [0.05, 0.1) is 13.0 Å². The van der Waals surface area contributed by atoms with Crippen molar-refractivity contribution in [2.24, 2.45) is 0 Å². The highest BCUT2D eigenvalue weighted by molar-refractivity contribution is 5.79. The highest BCUT2D eigenvalue weighted by Crippen LogP contribution is 2.24. The summed E-state index contributed by atoms with van der Waals surface area (Å²) in [5.74, 6) is 0.600. The molecule has 1 fully saturated rings. The Balaban J connectivity index is 0.000000335. The number of nitrogens with zero attached hydrogens (tertiary/aromatic N) is 1. The summed E-state index contributed by atoms with van der Waals surface area (Å²) in [5, 5.41) is 2.98. The number of nitrogens with one attached hydrogen (secondary N) is 1. The van der Waals surface area contributed by atoms with Gasteiger partial charge in [-0.15, -0.1) is 0 Å². The zero-order chi connectivity index (χ0) is 24.8. The Morgan fingerprint density at radius 3 is 2.42 bits per heavy atom. The topological polar surface area (TPSA) is 50.8 Å². The number of amides is 1. The summed E-state index contributed by atoms with van der Waals surface area (Å²) in [4.78, 5) is 14.1. The fourth-order valence-corrected chi connectivity index (χ4v) is 3.73. The van der Waals surface area contributed by atoms with Crippen LogP contribution >= 0.6 is 0 Å². The van der Waals surface area contributed by atoms with E-state index in [9.17, 15) is 9.18 Å². The van der Waals surface area contributed by atoms with Crippen molar-refractivity contribution < 1.29 is 18.7 Å². The van der Waals surface area contributed by atoms with Crippen LogP contribution < -0.4 is 10.1 Å². The number of halogens is 1. The normalized spacial score (nSPS) is 15.6. The first kappa shape index (κ1) is 28.9. The Labute approximate surface area is 200 Å². The van der Waals surface area contributed by atoms with Gasteiger partial charge in [0.15, 0.2) is 0 Å². The number of likely N-dealkylation sites (tertiary alicyclic amines) is 1. The van der Waals surface area contributed by atoms with Crippen molar-refractivity contribution in [1.82, 2.24) is 10.2 Å². The number of benzene rings is 1. The van der Waals surface area contributed by atoms with Gasteiger partial charge in [0.1, 0.15) is 18.2 Å². The van der Waals surface area contributed by atoms with Gasteiger partial charge in [-0.05, 0) is 95.4 Å². The molecule has 1 N–H and O–H groups in total. The molecule has 0 saturated carbocycles. The van der Waals surface area contributed by atoms with E-state index in [-0.39, 0.29) is 24.2 Å². The van der Waals surface area contributed by atoms with Gasteiger partial charge in [0.2, 0.25) is 5.91 Å². The molecule has 1 aliphatic heterocycles. The van der Waals surface area contributed by atoms with Crippen molar-refractivity contribution in [2.45, 2.75) is 66.3 Å². The summed E-state index contributed by atoms with van der Waals surface area (Å²) < 4.78 is 23.8. The molecule has 1 aliphatic rings. The van der Waals surface area contributed by atoms with E-state index in [1.165, 1.54) is 23.6 Å². The van der Waals surface area contributed by atoms with Gasteiger partial charge >= 0.3 is 0 Å². The predicted molar refractivity (Wildman–Crippen MR) is 135 cm³/mol. The van der Waals surface area contributed by atoms with E-state index in [2.05, 4.69) is 50.2 Å². The minimum Gasteiger partial charge on any atom is -0.491 e. The number of methoxy groups -OCH3 is 1. The van der Waals surface area contributed by atoms with Gasteiger partial charge in [-0.25, -0.2) is 4.39 Å². The smallest absolute Gasteiger partial charge is 0.224 e. The third-order valence-corrected chi connectivity index (χ3v) is 6.02. The second kappa shape index (κ2) is 15.6. The molecule has 2 rings (SSSR count). The summed E-state index contributed by atoms with van der Waals surface area (Å²) in [7, 11) is 3.76. The Kier molecular flexibility index (Phi) is 13.7. The van der Waals surface area contributed by atoms with Crippen LogP contribution in [0.5, 0.6) is 5.75 Å². The zero-order valence-corrected chi connectivity index (χ0v) is 21.6. The fraction of sp³-hybridized carbons (Fsp3) is 0.593. The molecule has 186 valence electrons.